The van der Waals surface area contributed by atoms with Crippen molar-refractivity contribution in [3.63, 3.8) is 0 Å². The third kappa shape index (κ3) is 4.92. The van der Waals surface area contributed by atoms with Gasteiger partial charge in [0.1, 0.15) is 18.4 Å². The van der Waals surface area contributed by atoms with Crippen LogP contribution in [0.15, 0.2) is 66.7 Å². The number of carbonyl (C=O) groups excluding carboxylic acids is 2. The molecule has 1 saturated heterocycles. The molecule has 8 rings (SSSR count). The largest absolute Gasteiger partial charge is 0.496 e. The number of fused-ring (bicyclic) bond motifs is 9. The van der Waals surface area contributed by atoms with Gasteiger partial charge < -0.3 is 33.3 Å². The first-order chi connectivity index (χ1) is 24.3. The molecule has 4 heterocycles. The van der Waals surface area contributed by atoms with Crippen molar-refractivity contribution in [1.29, 1.82) is 0 Å². The fourth-order valence-electron chi connectivity index (χ4n) is 8.36. The Bertz CT molecular complexity index is 1980. The van der Waals surface area contributed by atoms with E-state index in [1.807, 2.05) is 86.5 Å². The molecule has 1 amide bonds. The van der Waals surface area contributed by atoms with Crippen molar-refractivity contribution in [2.24, 2.45) is 0 Å². The molecule has 50 heavy (non-hydrogen) atoms. The van der Waals surface area contributed by atoms with Crippen molar-refractivity contribution in [2.75, 3.05) is 34.7 Å². The molecule has 0 saturated carbocycles. The highest BCUT2D eigenvalue weighted by Gasteiger charge is 2.59. The monoisotopic (exact) mass is 676 g/mol. The van der Waals surface area contributed by atoms with E-state index >= 15 is 4.79 Å². The summed E-state index contributed by atoms with van der Waals surface area (Å²) in [4.78, 5) is 33.8. The van der Waals surface area contributed by atoms with Crippen LogP contribution in [0, 0.1) is 13.8 Å². The van der Waals surface area contributed by atoms with Crippen LogP contribution in [0.4, 0.5) is 0 Å². The van der Waals surface area contributed by atoms with Crippen LogP contribution in [-0.4, -0.2) is 68.2 Å². The molecule has 4 aliphatic heterocycles. The van der Waals surface area contributed by atoms with Crippen molar-refractivity contribution in [3.8, 4) is 28.7 Å². The van der Waals surface area contributed by atoms with E-state index in [0.717, 1.165) is 27.8 Å². The number of hydrogen-bond acceptors (Lipinski definition) is 9. The number of nitrogens with zero attached hydrogens (tertiary/aromatic N) is 2. The molecule has 0 aromatic heterocycles. The van der Waals surface area contributed by atoms with E-state index in [0.29, 0.717) is 65.1 Å². The van der Waals surface area contributed by atoms with E-state index in [4.69, 9.17) is 28.4 Å². The lowest BCUT2D eigenvalue weighted by molar-refractivity contribution is -0.156. The Hall–Kier alpha value is -5.06. The molecule has 10 nitrogen and oxygen atoms in total. The molecule has 2 bridgehead atoms. The molecule has 4 atom stereocenters. The molecular weight excluding hydrogens is 636 g/mol. The molecule has 0 N–H and O–H groups in total. The Balaban J connectivity index is 1.30. The number of Topliss-reactive ketones (excluding diaryl/α,β-unsaturated/α-hetero) is 1. The van der Waals surface area contributed by atoms with Crippen molar-refractivity contribution in [2.45, 2.75) is 57.6 Å². The van der Waals surface area contributed by atoms with E-state index in [2.05, 4.69) is 6.07 Å². The maximum absolute atomic E-state index is 15.2. The molecule has 4 aromatic carbocycles. The number of amides is 1. The molecule has 4 aliphatic rings. The van der Waals surface area contributed by atoms with Crippen LogP contribution >= 0.6 is 0 Å². The van der Waals surface area contributed by atoms with Gasteiger partial charge in [-0.3, -0.25) is 14.5 Å². The Kier molecular flexibility index (Phi) is 8.16. The summed E-state index contributed by atoms with van der Waals surface area (Å²) in [5.74, 6) is 2.21. The lowest BCUT2D eigenvalue weighted by atomic mass is 9.73. The second kappa shape index (κ2) is 12.7. The maximum atomic E-state index is 15.2. The number of carbonyl (C=O) groups is 2. The summed E-state index contributed by atoms with van der Waals surface area (Å²) in [5, 5.41) is 0. The number of benzene rings is 4. The minimum atomic E-state index is -0.916. The van der Waals surface area contributed by atoms with Gasteiger partial charge in [-0.25, -0.2) is 0 Å². The SMILES string of the molecule is COc1c(C)cc2c(c1OCc1ccccc1)C1C3C(=O)c4c(OC)c(C)c5c(c4[C@H](COCc4ccccc4)N3C(=O)[C@H](C2)N1C)OCO5. The Morgan fingerprint density at radius 1 is 0.800 bits per heavy atom. The van der Waals surface area contributed by atoms with Gasteiger partial charge >= 0.3 is 0 Å². The molecule has 1 fully saturated rings. The lowest BCUT2D eigenvalue weighted by Crippen LogP contribution is -2.68. The van der Waals surface area contributed by atoms with Gasteiger partial charge in [0, 0.05) is 16.7 Å². The van der Waals surface area contributed by atoms with Crippen molar-refractivity contribution >= 4 is 11.7 Å². The third-order valence-corrected chi connectivity index (χ3v) is 10.6. The summed E-state index contributed by atoms with van der Waals surface area (Å²) in [5.41, 5.74) is 6.35. The molecule has 258 valence electrons. The molecule has 2 unspecified atom stereocenters. The number of piperazine rings is 1. The molecule has 0 aliphatic carbocycles. The average Bonchev–Trinajstić information content (AvgIpc) is 3.62. The summed E-state index contributed by atoms with van der Waals surface area (Å²) >= 11 is 0. The second-order valence-electron chi connectivity index (χ2n) is 13.3. The van der Waals surface area contributed by atoms with E-state index in [1.165, 1.54) is 0 Å². The van der Waals surface area contributed by atoms with E-state index < -0.39 is 24.2 Å². The first-order valence-electron chi connectivity index (χ1n) is 16.9. The van der Waals surface area contributed by atoms with Gasteiger partial charge in [0.2, 0.25) is 12.7 Å². The van der Waals surface area contributed by atoms with Gasteiger partial charge in [0.05, 0.1) is 51.1 Å². The second-order valence-corrected chi connectivity index (χ2v) is 13.3. The van der Waals surface area contributed by atoms with Gasteiger partial charge in [-0.05, 0) is 49.6 Å². The fourth-order valence-corrected chi connectivity index (χ4v) is 8.36. The number of aryl methyl sites for hydroxylation is 1. The smallest absolute Gasteiger partial charge is 0.241 e. The molecule has 0 radical (unpaired) electrons. The van der Waals surface area contributed by atoms with Crippen LogP contribution in [0.25, 0.3) is 0 Å². The molecule has 4 aromatic rings. The van der Waals surface area contributed by atoms with Gasteiger partial charge in [-0.1, -0.05) is 66.7 Å². The number of hydrogen-bond donors (Lipinski definition) is 0. The lowest BCUT2D eigenvalue weighted by Gasteiger charge is -2.56. The van der Waals surface area contributed by atoms with Crippen LogP contribution in [0.2, 0.25) is 0 Å². The van der Waals surface area contributed by atoms with E-state index in [9.17, 15) is 4.79 Å². The van der Waals surface area contributed by atoms with E-state index in [-0.39, 0.29) is 25.1 Å². The molecular formula is C40H40N2O8. The maximum Gasteiger partial charge on any atom is 0.241 e. The first-order valence-corrected chi connectivity index (χ1v) is 16.9. The predicted molar refractivity (Wildman–Crippen MR) is 184 cm³/mol. The highest BCUT2D eigenvalue weighted by Crippen LogP contribution is 2.57. The predicted octanol–water partition coefficient (Wildman–Crippen LogP) is 5.89. The molecule has 0 spiro atoms. The zero-order chi connectivity index (χ0) is 34.7. The summed E-state index contributed by atoms with van der Waals surface area (Å²) < 4.78 is 37.0. The number of ketones is 1. The van der Waals surface area contributed by atoms with Crippen molar-refractivity contribution in [3.05, 3.63) is 111 Å². The normalized spacial score (nSPS) is 21.7. The van der Waals surface area contributed by atoms with Crippen LogP contribution in [-0.2, 0) is 29.2 Å². The minimum absolute atomic E-state index is 0.00155. The zero-order valence-corrected chi connectivity index (χ0v) is 28.9. The summed E-state index contributed by atoms with van der Waals surface area (Å²) in [6.07, 6.45) is 0.449. The topological polar surface area (TPSA) is 96.0 Å². The number of rotatable bonds is 9. The van der Waals surface area contributed by atoms with Crippen molar-refractivity contribution < 1.29 is 38.0 Å². The summed E-state index contributed by atoms with van der Waals surface area (Å²) in [6, 6.07) is 19.3. The quantitative estimate of drug-likeness (QED) is 0.215. The fraction of sp³-hybridized carbons (Fsp3) is 0.350. The summed E-state index contributed by atoms with van der Waals surface area (Å²) in [7, 11) is 5.11. The van der Waals surface area contributed by atoms with Crippen LogP contribution in [0.5, 0.6) is 28.7 Å². The highest BCUT2D eigenvalue weighted by atomic mass is 16.7. The van der Waals surface area contributed by atoms with Crippen LogP contribution < -0.4 is 23.7 Å². The standard InChI is InChI=1S/C40H40N2O8/c1-22-16-26-17-27-40(44)42-28(20-47-18-24-12-8-6-9-13-24)30-31(36(46-5)23(2)37-39(30)50-21-49-37)34(43)33(42)32(41(27)3)29(26)38(35(22)45-4)48-19-25-14-10-7-11-15-25/h6-16,27-28,32-33H,17-21H2,1-5H3/t27-,28-,32?,33?/m0/s1. The Morgan fingerprint density at radius 2 is 1.46 bits per heavy atom. The number of methoxy groups -OCH3 is 2. The van der Waals surface area contributed by atoms with Gasteiger partial charge in [0.25, 0.3) is 0 Å². The van der Waals surface area contributed by atoms with Gasteiger partial charge in [-0.15, -0.1) is 0 Å². The zero-order valence-electron chi connectivity index (χ0n) is 28.9. The average molecular weight is 677 g/mol. The van der Waals surface area contributed by atoms with Crippen LogP contribution in [0.1, 0.15) is 61.4 Å². The minimum Gasteiger partial charge on any atom is -0.496 e. The Labute approximate surface area is 291 Å². The molecule has 10 heteroatoms. The van der Waals surface area contributed by atoms with Crippen LogP contribution in [0.3, 0.4) is 0 Å². The Morgan fingerprint density at radius 3 is 2.14 bits per heavy atom. The van der Waals surface area contributed by atoms with Crippen molar-refractivity contribution in [1.82, 2.24) is 9.80 Å². The van der Waals surface area contributed by atoms with Gasteiger partial charge in [-0.2, -0.15) is 0 Å². The third-order valence-electron chi connectivity index (χ3n) is 10.6. The number of likely N-dealkylation sites (N-methyl/N-ethyl adjacent to an activating group) is 1. The first kappa shape index (κ1) is 32.2. The highest BCUT2D eigenvalue weighted by molar-refractivity contribution is 6.10. The van der Waals surface area contributed by atoms with E-state index in [1.54, 1.807) is 19.1 Å². The number of ether oxygens (including phenoxy) is 6. The van der Waals surface area contributed by atoms with Gasteiger partial charge in [0.15, 0.2) is 28.8 Å². The summed E-state index contributed by atoms with van der Waals surface area (Å²) in [6.45, 7) is 4.62.